The molecule has 0 amide bonds. The Morgan fingerprint density at radius 2 is 1.32 bits per heavy atom. The summed E-state index contributed by atoms with van der Waals surface area (Å²) in [7, 11) is 0. The summed E-state index contributed by atoms with van der Waals surface area (Å²) in [6, 6.07) is 0. The van der Waals surface area contributed by atoms with Crippen molar-refractivity contribution in [2.24, 2.45) is 10.8 Å². The van der Waals surface area contributed by atoms with Crippen molar-refractivity contribution in [2.75, 3.05) is 13.2 Å². The van der Waals surface area contributed by atoms with Crippen LogP contribution in [-0.2, 0) is 4.74 Å². The number of ether oxygens (including phenoxy) is 1. The van der Waals surface area contributed by atoms with Gasteiger partial charge in [0.15, 0.2) is 0 Å². The van der Waals surface area contributed by atoms with E-state index in [4.69, 9.17) is 4.74 Å². The summed E-state index contributed by atoms with van der Waals surface area (Å²) in [6.45, 7) is 10.6. The lowest BCUT2D eigenvalue weighted by molar-refractivity contribution is 0.0336. The van der Waals surface area contributed by atoms with Gasteiger partial charge in [-0.05, 0) is 26.7 Å². The van der Waals surface area contributed by atoms with E-state index in [-0.39, 0.29) is 10.8 Å². The molecule has 2 atom stereocenters. The van der Waals surface area contributed by atoms with Gasteiger partial charge in [0.25, 0.3) is 0 Å². The average molecular weight is 258 g/mol. The average Bonchev–Trinajstić information content (AvgIpc) is 2.27. The van der Waals surface area contributed by atoms with Gasteiger partial charge in [-0.25, -0.2) is 0 Å². The maximum absolute atomic E-state index is 6.06. The molecule has 0 spiro atoms. The predicted octanol–water partition coefficient (Wildman–Crippen LogP) is 4.83. The minimum Gasteiger partial charge on any atom is -0.380 e. The van der Waals surface area contributed by atoms with Gasteiger partial charge in [-0.15, -0.1) is 0 Å². The number of rotatable bonds is 4. The van der Waals surface area contributed by atoms with E-state index in [2.05, 4.69) is 64.2 Å². The second-order valence-electron chi connectivity index (χ2n) is 6.90. The molecule has 0 aromatic heterocycles. The van der Waals surface area contributed by atoms with Crippen molar-refractivity contribution in [1.29, 1.82) is 0 Å². The Morgan fingerprint density at radius 3 is 1.68 bits per heavy atom. The van der Waals surface area contributed by atoms with Crippen LogP contribution in [0.25, 0.3) is 0 Å². The largest absolute Gasteiger partial charge is 0.380 e. The lowest BCUT2D eigenvalue weighted by Gasteiger charge is -2.33. The van der Waals surface area contributed by atoms with E-state index < -0.39 is 0 Å². The third-order valence-electron chi connectivity index (χ3n) is 3.99. The summed E-state index contributed by atoms with van der Waals surface area (Å²) in [5.41, 5.74) is 3.21. The van der Waals surface area contributed by atoms with Crippen LogP contribution in [-0.4, -0.2) is 13.2 Å². The zero-order valence-corrected chi connectivity index (χ0v) is 12.7. The second kappa shape index (κ2) is 5.50. The van der Waals surface area contributed by atoms with E-state index in [1.54, 1.807) is 0 Å². The van der Waals surface area contributed by atoms with Crippen LogP contribution >= 0.6 is 0 Å². The molecule has 2 rings (SSSR count). The summed E-state index contributed by atoms with van der Waals surface area (Å²) < 4.78 is 6.06. The Morgan fingerprint density at radius 1 is 0.895 bits per heavy atom. The van der Waals surface area contributed by atoms with Crippen LogP contribution in [0, 0.1) is 10.8 Å². The number of hydrogen-bond acceptors (Lipinski definition) is 1. The number of allylic oxidation sites excluding steroid dienone is 6. The first-order chi connectivity index (χ1) is 8.91. The SMILES string of the molecule is CC1=CC=CC(C)(COCC2(C)C=CC=C(C)C2)C1. The lowest BCUT2D eigenvalue weighted by Crippen LogP contribution is -2.28. The maximum atomic E-state index is 6.06. The highest BCUT2D eigenvalue weighted by Crippen LogP contribution is 2.34. The summed E-state index contributed by atoms with van der Waals surface area (Å²) in [4.78, 5) is 0. The molecule has 1 nitrogen and oxygen atoms in total. The molecule has 0 aromatic rings. The summed E-state index contributed by atoms with van der Waals surface area (Å²) in [6.07, 6.45) is 15.5. The second-order valence-corrected chi connectivity index (χ2v) is 6.90. The van der Waals surface area contributed by atoms with Crippen LogP contribution in [0.4, 0.5) is 0 Å². The quantitative estimate of drug-likeness (QED) is 0.702. The van der Waals surface area contributed by atoms with Crippen molar-refractivity contribution in [3.63, 3.8) is 0 Å². The van der Waals surface area contributed by atoms with Crippen LogP contribution in [0.2, 0.25) is 0 Å². The Kier molecular flexibility index (Phi) is 4.15. The molecule has 0 saturated carbocycles. The Hall–Kier alpha value is -1.08. The van der Waals surface area contributed by atoms with Crippen molar-refractivity contribution in [3.05, 3.63) is 47.6 Å². The highest BCUT2D eigenvalue weighted by atomic mass is 16.5. The van der Waals surface area contributed by atoms with Crippen LogP contribution in [0.5, 0.6) is 0 Å². The zero-order chi connectivity index (χ0) is 13.9. The predicted molar refractivity (Wildman–Crippen MR) is 82.1 cm³/mol. The van der Waals surface area contributed by atoms with E-state index in [1.165, 1.54) is 11.1 Å². The Bertz CT molecular complexity index is 410. The van der Waals surface area contributed by atoms with Gasteiger partial charge in [0, 0.05) is 10.8 Å². The highest BCUT2D eigenvalue weighted by Gasteiger charge is 2.27. The minimum atomic E-state index is 0.165. The maximum Gasteiger partial charge on any atom is 0.0557 e. The highest BCUT2D eigenvalue weighted by molar-refractivity contribution is 5.23. The van der Waals surface area contributed by atoms with Crippen LogP contribution in [0.3, 0.4) is 0 Å². The molecule has 104 valence electrons. The molecular weight excluding hydrogens is 232 g/mol. The van der Waals surface area contributed by atoms with Crippen molar-refractivity contribution in [3.8, 4) is 0 Å². The van der Waals surface area contributed by atoms with Crippen molar-refractivity contribution < 1.29 is 4.74 Å². The van der Waals surface area contributed by atoms with E-state index in [9.17, 15) is 0 Å². The smallest absolute Gasteiger partial charge is 0.0557 e. The van der Waals surface area contributed by atoms with Gasteiger partial charge in [0.2, 0.25) is 0 Å². The molecule has 0 saturated heterocycles. The molecule has 2 aliphatic carbocycles. The molecule has 0 fully saturated rings. The molecule has 1 heteroatoms. The lowest BCUT2D eigenvalue weighted by atomic mass is 9.80. The fourth-order valence-corrected chi connectivity index (χ4v) is 3.11. The van der Waals surface area contributed by atoms with Crippen molar-refractivity contribution >= 4 is 0 Å². The fourth-order valence-electron chi connectivity index (χ4n) is 3.11. The molecule has 0 N–H and O–H groups in total. The van der Waals surface area contributed by atoms with Crippen LogP contribution < -0.4 is 0 Å². The van der Waals surface area contributed by atoms with Crippen LogP contribution in [0.15, 0.2) is 47.6 Å². The first kappa shape index (κ1) is 14.3. The molecule has 2 aliphatic rings. The Labute approximate surface area is 117 Å². The minimum absolute atomic E-state index is 0.165. The summed E-state index contributed by atoms with van der Waals surface area (Å²) in [5, 5.41) is 0. The van der Waals surface area contributed by atoms with E-state index >= 15 is 0 Å². The van der Waals surface area contributed by atoms with Gasteiger partial charge in [-0.2, -0.15) is 0 Å². The monoisotopic (exact) mass is 258 g/mol. The molecule has 0 radical (unpaired) electrons. The number of hydrogen-bond donors (Lipinski definition) is 0. The van der Waals surface area contributed by atoms with Gasteiger partial charge >= 0.3 is 0 Å². The first-order valence-electron chi connectivity index (χ1n) is 7.19. The third-order valence-corrected chi connectivity index (χ3v) is 3.99. The Balaban J connectivity index is 1.84. The van der Waals surface area contributed by atoms with Gasteiger partial charge < -0.3 is 4.74 Å². The van der Waals surface area contributed by atoms with Gasteiger partial charge in [0.05, 0.1) is 13.2 Å². The molecular formula is C18H26O. The van der Waals surface area contributed by atoms with E-state index in [1.807, 2.05) is 0 Å². The van der Waals surface area contributed by atoms with Crippen molar-refractivity contribution in [2.45, 2.75) is 40.5 Å². The van der Waals surface area contributed by atoms with E-state index in [0.717, 1.165) is 26.1 Å². The van der Waals surface area contributed by atoms with Crippen molar-refractivity contribution in [1.82, 2.24) is 0 Å². The fraction of sp³-hybridized carbons (Fsp3) is 0.556. The van der Waals surface area contributed by atoms with Gasteiger partial charge in [-0.3, -0.25) is 0 Å². The molecule has 0 aromatic carbocycles. The van der Waals surface area contributed by atoms with Crippen LogP contribution in [0.1, 0.15) is 40.5 Å². The van der Waals surface area contributed by atoms with Gasteiger partial charge in [-0.1, -0.05) is 61.4 Å². The topological polar surface area (TPSA) is 9.23 Å². The summed E-state index contributed by atoms with van der Waals surface area (Å²) in [5.74, 6) is 0. The first-order valence-corrected chi connectivity index (χ1v) is 7.19. The molecule has 19 heavy (non-hydrogen) atoms. The van der Waals surface area contributed by atoms with Gasteiger partial charge in [0.1, 0.15) is 0 Å². The standard InChI is InChI=1S/C18H26O/c1-15-7-5-9-17(3,11-15)13-19-14-18(4)10-6-8-16(2)12-18/h5-10H,11-14H2,1-4H3. The normalized spacial score (nSPS) is 34.1. The zero-order valence-electron chi connectivity index (χ0n) is 12.7. The third kappa shape index (κ3) is 3.94. The molecule has 0 bridgehead atoms. The molecule has 2 unspecified atom stereocenters. The molecule has 0 heterocycles. The van der Waals surface area contributed by atoms with E-state index in [0.29, 0.717) is 0 Å². The summed E-state index contributed by atoms with van der Waals surface area (Å²) >= 11 is 0. The molecule has 0 aliphatic heterocycles.